The Morgan fingerprint density at radius 2 is 2.24 bits per heavy atom. The highest BCUT2D eigenvalue weighted by atomic mass is 16.5. The van der Waals surface area contributed by atoms with Gasteiger partial charge in [-0.1, -0.05) is 0 Å². The van der Waals surface area contributed by atoms with Crippen molar-refractivity contribution >= 4 is 11.9 Å². The molecule has 1 atom stereocenters. The Morgan fingerprint density at radius 1 is 1.47 bits per heavy atom. The Balaban J connectivity index is 1.86. The minimum atomic E-state index is -0.305. The number of carbonyl (C=O) groups is 2. The average molecular weight is 241 g/mol. The molecule has 0 aliphatic carbocycles. The van der Waals surface area contributed by atoms with Crippen molar-refractivity contribution in [2.75, 3.05) is 32.8 Å². The van der Waals surface area contributed by atoms with Crippen LogP contribution < -0.4 is 5.32 Å². The third-order valence-corrected chi connectivity index (χ3v) is 3.19. The molecular weight excluding hydrogens is 222 g/mol. The number of amides is 3. The predicted octanol–water partition coefficient (Wildman–Crippen LogP) is -0.353. The van der Waals surface area contributed by atoms with Crippen molar-refractivity contribution in [2.24, 2.45) is 0 Å². The fourth-order valence-electron chi connectivity index (χ4n) is 2.20. The van der Waals surface area contributed by atoms with Gasteiger partial charge in [-0.15, -0.1) is 0 Å². The van der Waals surface area contributed by atoms with E-state index in [0.717, 1.165) is 13.1 Å². The summed E-state index contributed by atoms with van der Waals surface area (Å²) in [6, 6.07) is 0.177. The number of carbonyl (C=O) groups excluding carboxylic acids is 2. The Kier molecular flexibility index (Phi) is 3.63. The van der Waals surface area contributed by atoms with Crippen LogP contribution >= 0.6 is 0 Å². The van der Waals surface area contributed by atoms with Crippen molar-refractivity contribution in [2.45, 2.75) is 26.0 Å². The number of morpholine rings is 1. The van der Waals surface area contributed by atoms with Gasteiger partial charge in [0.2, 0.25) is 5.91 Å². The normalized spacial score (nSPS) is 26.8. The first-order chi connectivity index (χ1) is 8.06. The van der Waals surface area contributed by atoms with E-state index in [9.17, 15) is 9.59 Å². The lowest BCUT2D eigenvalue weighted by molar-refractivity contribution is -0.118. The molecule has 0 aromatic heterocycles. The van der Waals surface area contributed by atoms with Gasteiger partial charge in [0, 0.05) is 19.1 Å². The van der Waals surface area contributed by atoms with Gasteiger partial charge in [-0.05, 0) is 13.8 Å². The van der Waals surface area contributed by atoms with Gasteiger partial charge in [-0.3, -0.25) is 15.0 Å². The van der Waals surface area contributed by atoms with Crippen molar-refractivity contribution < 1.29 is 14.3 Å². The maximum atomic E-state index is 11.4. The molecule has 0 saturated carbocycles. The van der Waals surface area contributed by atoms with Crippen LogP contribution in [0.3, 0.4) is 0 Å². The Morgan fingerprint density at radius 3 is 2.82 bits per heavy atom. The molecule has 2 fully saturated rings. The molecule has 2 aliphatic heterocycles. The van der Waals surface area contributed by atoms with Crippen molar-refractivity contribution in [3.05, 3.63) is 0 Å². The minimum Gasteiger partial charge on any atom is -0.374 e. The number of nitrogens with one attached hydrogen (secondary N) is 1. The summed E-state index contributed by atoms with van der Waals surface area (Å²) in [7, 11) is 0. The van der Waals surface area contributed by atoms with Crippen molar-refractivity contribution in [3.8, 4) is 0 Å². The highest BCUT2D eigenvalue weighted by Gasteiger charge is 2.31. The third-order valence-electron chi connectivity index (χ3n) is 3.19. The monoisotopic (exact) mass is 241 g/mol. The van der Waals surface area contributed by atoms with E-state index in [1.54, 1.807) is 0 Å². The van der Waals surface area contributed by atoms with Gasteiger partial charge in [0.25, 0.3) is 0 Å². The SMILES string of the molecule is CC(C)N1CCOC(CN2CC(=O)NC2=O)C1. The second-order valence-corrected chi connectivity index (χ2v) is 4.82. The molecule has 96 valence electrons. The quantitative estimate of drug-likeness (QED) is 0.686. The predicted molar refractivity (Wildman–Crippen MR) is 61.6 cm³/mol. The third kappa shape index (κ3) is 2.95. The van der Waals surface area contributed by atoms with Gasteiger partial charge >= 0.3 is 6.03 Å². The van der Waals surface area contributed by atoms with Crippen LogP contribution in [0.1, 0.15) is 13.8 Å². The summed E-state index contributed by atoms with van der Waals surface area (Å²) >= 11 is 0. The molecule has 3 amide bonds. The largest absolute Gasteiger partial charge is 0.374 e. The van der Waals surface area contributed by atoms with E-state index in [1.807, 2.05) is 0 Å². The number of hydrogen-bond donors (Lipinski definition) is 1. The van der Waals surface area contributed by atoms with Gasteiger partial charge in [0.05, 0.1) is 19.3 Å². The molecule has 2 heterocycles. The van der Waals surface area contributed by atoms with E-state index >= 15 is 0 Å². The number of ether oxygens (including phenoxy) is 1. The maximum Gasteiger partial charge on any atom is 0.324 e. The molecule has 1 unspecified atom stereocenters. The van der Waals surface area contributed by atoms with E-state index in [-0.39, 0.29) is 24.6 Å². The fourth-order valence-corrected chi connectivity index (χ4v) is 2.20. The van der Waals surface area contributed by atoms with Crippen LogP contribution in [-0.2, 0) is 9.53 Å². The molecule has 2 saturated heterocycles. The van der Waals surface area contributed by atoms with Gasteiger partial charge in [0.1, 0.15) is 6.54 Å². The molecule has 0 aromatic rings. The van der Waals surface area contributed by atoms with E-state index in [4.69, 9.17) is 4.74 Å². The van der Waals surface area contributed by atoms with E-state index in [0.29, 0.717) is 19.2 Å². The fraction of sp³-hybridized carbons (Fsp3) is 0.818. The molecule has 6 nitrogen and oxygen atoms in total. The maximum absolute atomic E-state index is 11.4. The van der Waals surface area contributed by atoms with Crippen LogP contribution in [0.25, 0.3) is 0 Å². The molecule has 0 spiro atoms. The lowest BCUT2D eigenvalue weighted by Gasteiger charge is -2.36. The number of rotatable bonds is 3. The first-order valence-corrected chi connectivity index (χ1v) is 6.00. The zero-order valence-corrected chi connectivity index (χ0v) is 10.3. The first-order valence-electron chi connectivity index (χ1n) is 6.00. The molecule has 2 aliphatic rings. The van der Waals surface area contributed by atoms with Gasteiger partial charge < -0.3 is 9.64 Å². The highest BCUT2D eigenvalue weighted by Crippen LogP contribution is 2.11. The van der Waals surface area contributed by atoms with Crippen LogP contribution in [-0.4, -0.2) is 66.7 Å². The van der Waals surface area contributed by atoms with Crippen molar-refractivity contribution in [3.63, 3.8) is 0 Å². The summed E-state index contributed by atoms with van der Waals surface area (Å²) in [5, 5.41) is 2.27. The smallest absolute Gasteiger partial charge is 0.324 e. The number of urea groups is 1. The Bertz CT molecular complexity index is 319. The Hall–Kier alpha value is -1.14. The summed E-state index contributed by atoms with van der Waals surface area (Å²) in [5.74, 6) is -0.230. The molecular formula is C11H19N3O3. The molecule has 0 radical (unpaired) electrons. The van der Waals surface area contributed by atoms with Crippen LogP contribution in [0.15, 0.2) is 0 Å². The second kappa shape index (κ2) is 5.01. The van der Waals surface area contributed by atoms with E-state index in [2.05, 4.69) is 24.1 Å². The molecule has 0 bridgehead atoms. The van der Waals surface area contributed by atoms with E-state index < -0.39 is 0 Å². The number of imide groups is 1. The summed E-state index contributed by atoms with van der Waals surface area (Å²) in [4.78, 5) is 26.3. The number of nitrogens with zero attached hydrogens (tertiary/aromatic N) is 2. The second-order valence-electron chi connectivity index (χ2n) is 4.82. The zero-order chi connectivity index (χ0) is 12.4. The van der Waals surface area contributed by atoms with Crippen LogP contribution in [0, 0.1) is 0 Å². The van der Waals surface area contributed by atoms with Gasteiger partial charge in [-0.25, -0.2) is 4.79 Å². The van der Waals surface area contributed by atoms with Gasteiger partial charge in [0.15, 0.2) is 0 Å². The molecule has 2 rings (SSSR count). The van der Waals surface area contributed by atoms with Crippen LogP contribution in [0.2, 0.25) is 0 Å². The molecule has 17 heavy (non-hydrogen) atoms. The van der Waals surface area contributed by atoms with Gasteiger partial charge in [-0.2, -0.15) is 0 Å². The lowest BCUT2D eigenvalue weighted by Crippen LogP contribution is -2.50. The summed E-state index contributed by atoms with van der Waals surface area (Å²) < 4.78 is 5.63. The molecule has 6 heteroatoms. The van der Waals surface area contributed by atoms with Crippen molar-refractivity contribution in [1.82, 2.24) is 15.1 Å². The molecule has 0 aromatic carbocycles. The average Bonchev–Trinajstić information content (AvgIpc) is 2.58. The Labute approximate surface area is 101 Å². The van der Waals surface area contributed by atoms with Crippen LogP contribution in [0.4, 0.5) is 4.79 Å². The number of hydrogen-bond acceptors (Lipinski definition) is 4. The lowest BCUT2D eigenvalue weighted by atomic mass is 10.2. The topological polar surface area (TPSA) is 61.9 Å². The highest BCUT2D eigenvalue weighted by molar-refractivity contribution is 6.01. The zero-order valence-electron chi connectivity index (χ0n) is 10.3. The summed E-state index contributed by atoms with van der Waals surface area (Å²) in [6.45, 7) is 7.37. The summed E-state index contributed by atoms with van der Waals surface area (Å²) in [6.07, 6.45) is 0.00259. The molecule has 1 N–H and O–H groups in total. The minimum absolute atomic E-state index is 0.00259. The first kappa shape index (κ1) is 12.3. The summed E-state index contributed by atoms with van der Waals surface area (Å²) in [5.41, 5.74) is 0. The van der Waals surface area contributed by atoms with Crippen molar-refractivity contribution in [1.29, 1.82) is 0 Å². The van der Waals surface area contributed by atoms with E-state index in [1.165, 1.54) is 4.90 Å². The standard InChI is InChI=1S/C11H19N3O3/c1-8(2)13-3-4-17-9(5-13)6-14-7-10(15)12-11(14)16/h8-9H,3-7H2,1-2H3,(H,12,15,16). The van der Waals surface area contributed by atoms with Crippen LogP contribution in [0.5, 0.6) is 0 Å².